The SMILES string of the molecule is CCC1(CC)CC(NCC(C)COC)CCO1. The zero-order valence-electron chi connectivity index (χ0n) is 11.9. The summed E-state index contributed by atoms with van der Waals surface area (Å²) in [6.45, 7) is 9.48. The number of hydrogen-bond donors (Lipinski definition) is 1. The van der Waals surface area contributed by atoms with Crippen molar-refractivity contribution in [2.24, 2.45) is 5.92 Å². The minimum Gasteiger partial charge on any atom is -0.384 e. The largest absolute Gasteiger partial charge is 0.384 e. The maximum absolute atomic E-state index is 5.98. The first-order valence-electron chi connectivity index (χ1n) is 7.02. The summed E-state index contributed by atoms with van der Waals surface area (Å²) in [5.74, 6) is 0.584. The summed E-state index contributed by atoms with van der Waals surface area (Å²) < 4.78 is 11.1. The molecule has 0 bridgehead atoms. The average molecular weight is 243 g/mol. The van der Waals surface area contributed by atoms with Crippen molar-refractivity contribution < 1.29 is 9.47 Å². The Morgan fingerprint density at radius 3 is 2.71 bits per heavy atom. The Labute approximate surface area is 106 Å². The molecule has 0 radical (unpaired) electrons. The molecular formula is C14H29NO2. The molecule has 1 N–H and O–H groups in total. The third-order valence-electron chi connectivity index (χ3n) is 3.99. The maximum atomic E-state index is 5.98. The Hall–Kier alpha value is -0.120. The molecule has 1 heterocycles. The van der Waals surface area contributed by atoms with Crippen LogP contribution < -0.4 is 5.32 Å². The fourth-order valence-corrected chi connectivity index (χ4v) is 2.66. The van der Waals surface area contributed by atoms with Gasteiger partial charge in [-0.25, -0.2) is 0 Å². The first kappa shape index (κ1) is 14.9. The van der Waals surface area contributed by atoms with Crippen LogP contribution in [0.15, 0.2) is 0 Å². The molecule has 1 saturated heterocycles. The highest BCUT2D eigenvalue weighted by Crippen LogP contribution is 2.31. The number of methoxy groups -OCH3 is 1. The molecule has 2 atom stereocenters. The molecule has 0 aliphatic carbocycles. The number of ether oxygens (including phenoxy) is 2. The summed E-state index contributed by atoms with van der Waals surface area (Å²) in [6, 6.07) is 0.614. The highest BCUT2D eigenvalue weighted by Gasteiger charge is 2.34. The van der Waals surface area contributed by atoms with Crippen molar-refractivity contribution in [2.75, 3.05) is 26.9 Å². The Bertz CT molecular complexity index is 204. The van der Waals surface area contributed by atoms with Crippen molar-refractivity contribution in [1.82, 2.24) is 5.32 Å². The van der Waals surface area contributed by atoms with Crippen molar-refractivity contribution >= 4 is 0 Å². The van der Waals surface area contributed by atoms with E-state index in [0.717, 1.165) is 45.4 Å². The monoisotopic (exact) mass is 243 g/mol. The molecule has 1 fully saturated rings. The van der Waals surface area contributed by atoms with Gasteiger partial charge in [-0.05, 0) is 31.6 Å². The van der Waals surface area contributed by atoms with Crippen LogP contribution in [-0.4, -0.2) is 38.5 Å². The van der Waals surface area contributed by atoms with Gasteiger partial charge in [0.2, 0.25) is 0 Å². The fraction of sp³-hybridized carbons (Fsp3) is 1.00. The Kier molecular flexibility index (Phi) is 6.45. The van der Waals surface area contributed by atoms with E-state index in [1.54, 1.807) is 7.11 Å². The van der Waals surface area contributed by atoms with Crippen LogP contribution in [0.2, 0.25) is 0 Å². The van der Waals surface area contributed by atoms with E-state index in [1.807, 2.05) is 0 Å². The predicted octanol–water partition coefficient (Wildman–Crippen LogP) is 2.60. The Balaban J connectivity index is 2.34. The van der Waals surface area contributed by atoms with Crippen LogP contribution in [0.4, 0.5) is 0 Å². The van der Waals surface area contributed by atoms with Crippen LogP contribution in [0, 0.1) is 5.92 Å². The fourth-order valence-electron chi connectivity index (χ4n) is 2.66. The van der Waals surface area contributed by atoms with Crippen LogP contribution in [0.3, 0.4) is 0 Å². The third kappa shape index (κ3) is 4.57. The highest BCUT2D eigenvalue weighted by atomic mass is 16.5. The summed E-state index contributed by atoms with van der Waals surface area (Å²) in [5.41, 5.74) is 0.125. The van der Waals surface area contributed by atoms with Crippen LogP contribution >= 0.6 is 0 Å². The molecule has 0 amide bonds. The van der Waals surface area contributed by atoms with Crippen LogP contribution in [-0.2, 0) is 9.47 Å². The van der Waals surface area contributed by atoms with Gasteiger partial charge in [0.25, 0.3) is 0 Å². The Morgan fingerprint density at radius 2 is 2.12 bits per heavy atom. The van der Waals surface area contributed by atoms with Crippen molar-refractivity contribution in [2.45, 2.75) is 58.1 Å². The van der Waals surface area contributed by atoms with Gasteiger partial charge in [-0.2, -0.15) is 0 Å². The summed E-state index contributed by atoms with van der Waals surface area (Å²) >= 11 is 0. The second-order valence-corrected chi connectivity index (χ2v) is 5.40. The summed E-state index contributed by atoms with van der Waals surface area (Å²) in [5, 5.41) is 3.67. The zero-order chi connectivity index (χ0) is 12.7. The molecule has 1 aliphatic rings. The molecule has 0 saturated carbocycles. The Morgan fingerprint density at radius 1 is 1.41 bits per heavy atom. The van der Waals surface area contributed by atoms with Crippen molar-refractivity contribution in [1.29, 1.82) is 0 Å². The van der Waals surface area contributed by atoms with E-state index in [9.17, 15) is 0 Å². The van der Waals surface area contributed by atoms with Gasteiger partial charge in [0, 0.05) is 32.9 Å². The lowest BCUT2D eigenvalue weighted by atomic mass is 9.86. The standard InChI is InChI=1S/C14H29NO2/c1-5-14(6-2)9-13(7-8-17-14)15-10-12(3)11-16-4/h12-13,15H,5-11H2,1-4H3. The van der Waals surface area contributed by atoms with Gasteiger partial charge in [-0.15, -0.1) is 0 Å². The van der Waals surface area contributed by atoms with Crippen molar-refractivity contribution in [3.8, 4) is 0 Å². The molecule has 2 unspecified atom stereocenters. The van der Waals surface area contributed by atoms with Crippen LogP contribution in [0.1, 0.15) is 46.5 Å². The third-order valence-corrected chi connectivity index (χ3v) is 3.99. The minimum absolute atomic E-state index is 0.125. The van der Waals surface area contributed by atoms with Gasteiger partial charge in [0.15, 0.2) is 0 Å². The quantitative estimate of drug-likeness (QED) is 0.745. The molecule has 3 heteroatoms. The smallest absolute Gasteiger partial charge is 0.0692 e. The molecule has 0 aromatic heterocycles. The van der Waals surface area contributed by atoms with E-state index in [2.05, 4.69) is 26.1 Å². The lowest BCUT2D eigenvalue weighted by Gasteiger charge is -2.40. The molecular weight excluding hydrogens is 214 g/mol. The second kappa shape index (κ2) is 7.34. The van der Waals surface area contributed by atoms with Gasteiger partial charge in [0.1, 0.15) is 0 Å². The van der Waals surface area contributed by atoms with E-state index >= 15 is 0 Å². The minimum atomic E-state index is 0.125. The molecule has 0 aromatic carbocycles. The van der Waals surface area contributed by atoms with Crippen LogP contribution in [0.25, 0.3) is 0 Å². The first-order chi connectivity index (χ1) is 8.15. The molecule has 1 rings (SSSR count). The zero-order valence-corrected chi connectivity index (χ0v) is 11.9. The number of hydrogen-bond acceptors (Lipinski definition) is 3. The predicted molar refractivity (Wildman–Crippen MR) is 71.3 cm³/mol. The van der Waals surface area contributed by atoms with E-state index in [-0.39, 0.29) is 5.60 Å². The van der Waals surface area contributed by atoms with Gasteiger partial charge >= 0.3 is 0 Å². The van der Waals surface area contributed by atoms with Crippen molar-refractivity contribution in [3.63, 3.8) is 0 Å². The van der Waals surface area contributed by atoms with Crippen molar-refractivity contribution in [3.05, 3.63) is 0 Å². The normalized spacial score (nSPS) is 25.8. The van der Waals surface area contributed by atoms with Crippen LogP contribution in [0.5, 0.6) is 0 Å². The first-order valence-corrected chi connectivity index (χ1v) is 7.02. The van der Waals surface area contributed by atoms with Gasteiger partial charge in [-0.1, -0.05) is 20.8 Å². The molecule has 1 aliphatic heterocycles. The molecule has 17 heavy (non-hydrogen) atoms. The lowest BCUT2D eigenvalue weighted by Crippen LogP contribution is -2.47. The maximum Gasteiger partial charge on any atom is 0.0692 e. The van der Waals surface area contributed by atoms with Gasteiger partial charge < -0.3 is 14.8 Å². The molecule has 102 valence electrons. The topological polar surface area (TPSA) is 30.5 Å². The lowest BCUT2D eigenvalue weighted by molar-refractivity contribution is -0.0933. The molecule has 0 aromatic rings. The van der Waals surface area contributed by atoms with E-state index in [1.165, 1.54) is 0 Å². The van der Waals surface area contributed by atoms with Gasteiger partial charge in [-0.3, -0.25) is 0 Å². The summed E-state index contributed by atoms with van der Waals surface area (Å²) in [7, 11) is 1.77. The van der Waals surface area contributed by atoms with E-state index in [0.29, 0.717) is 12.0 Å². The van der Waals surface area contributed by atoms with E-state index in [4.69, 9.17) is 9.47 Å². The summed E-state index contributed by atoms with van der Waals surface area (Å²) in [4.78, 5) is 0. The van der Waals surface area contributed by atoms with Gasteiger partial charge in [0.05, 0.1) is 5.60 Å². The summed E-state index contributed by atoms with van der Waals surface area (Å²) in [6.07, 6.45) is 4.53. The average Bonchev–Trinajstić information content (AvgIpc) is 2.37. The molecule has 0 spiro atoms. The second-order valence-electron chi connectivity index (χ2n) is 5.40. The highest BCUT2D eigenvalue weighted by molar-refractivity contribution is 4.88. The van der Waals surface area contributed by atoms with E-state index < -0.39 is 0 Å². The molecule has 3 nitrogen and oxygen atoms in total. The number of nitrogens with one attached hydrogen (secondary N) is 1. The number of rotatable bonds is 7.